The molecule has 2 rings (SSSR count). The largest absolute Gasteiger partial charge is 0.375 e. The van der Waals surface area contributed by atoms with Gasteiger partial charge in [0, 0.05) is 51.2 Å². The Bertz CT molecular complexity index is 629. The van der Waals surface area contributed by atoms with Gasteiger partial charge in [-0.25, -0.2) is 4.99 Å². The molecule has 1 aromatic rings. The monoisotopic (exact) mass is 533 g/mol. The first-order chi connectivity index (χ1) is 13.5. The first-order valence-corrected chi connectivity index (χ1v) is 11.3. The van der Waals surface area contributed by atoms with Crippen molar-refractivity contribution in [3.63, 3.8) is 0 Å². The summed E-state index contributed by atoms with van der Waals surface area (Å²) in [6, 6.07) is 10.8. The molecule has 1 aliphatic carbocycles. The number of hydrogen-bond acceptors (Lipinski definition) is 4. The molecule has 29 heavy (non-hydrogen) atoms. The van der Waals surface area contributed by atoms with Crippen molar-refractivity contribution in [1.82, 2.24) is 15.5 Å². The van der Waals surface area contributed by atoms with Crippen LogP contribution in [0.25, 0.3) is 0 Å². The molecule has 6 nitrogen and oxygen atoms in total. The molecule has 0 saturated heterocycles. The lowest BCUT2D eigenvalue weighted by atomic mass is 10.2. The highest BCUT2D eigenvalue weighted by atomic mass is 127. The van der Waals surface area contributed by atoms with Gasteiger partial charge in [-0.1, -0.05) is 18.2 Å². The number of nitrogens with one attached hydrogen (secondary N) is 2. The number of rotatable bonds is 9. The Morgan fingerprint density at radius 1 is 1.21 bits per heavy atom. The van der Waals surface area contributed by atoms with Gasteiger partial charge in [0.25, 0.3) is 0 Å². The van der Waals surface area contributed by atoms with E-state index in [4.69, 9.17) is 0 Å². The summed E-state index contributed by atoms with van der Waals surface area (Å²) in [5.74, 6) is 0.766. The van der Waals surface area contributed by atoms with Crippen LogP contribution in [-0.4, -0.2) is 75.1 Å². The van der Waals surface area contributed by atoms with Crippen molar-refractivity contribution in [3.8, 4) is 0 Å². The molecule has 2 N–H and O–H groups in total. The van der Waals surface area contributed by atoms with Gasteiger partial charge in [0.15, 0.2) is 5.96 Å². The first-order valence-electron chi connectivity index (χ1n) is 10.0. The van der Waals surface area contributed by atoms with Gasteiger partial charge in [0.2, 0.25) is 5.91 Å². The number of thioether (sulfide) groups is 1. The second-order valence-corrected chi connectivity index (χ2v) is 8.64. The number of para-hydroxylation sites is 1. The number of carbonyl (C=O) groups is 1. The van der Waals surface area contributed by atoms with Crippen LogP contribution in [0.4, 0.5) is 5.69 Å². The number of likely N-dealkylation sites (N-methyl/N-ethyl adjacent to an activating group) is 1. The smallest absolute Gasteiger partial charge is 0.243 e. The molecule has 2 unspecified atom stereocenters. The highest BCUT2D eigenvalue weighted by molar-refractivity contribution is 14.0. The lowest BCUT2D eigenvalue weighted by molar-refractivity contribution is -0.127. The van der Waals surface area contributed by atoms with Crippen molar-refractivity contribution in [2.75, 3.05) is 51.9 Å². The van der Waals surface area contributed by atoms with Gasteiger partial charge in [-0.05, 0) is 44.1 Å². The molecular formula is C21H36IN5OS. The van der Waals surface area contributed by atoms with E-state index in [1.165, 1.54) is 12.1 Å². The van der Waals surface area contributed by atoms with Crippen LogP contribution in [0, 0.1) is 0 Å². The predicted octanol–water partition coefficient (Wildman–Crippen LogP) is 3.04. The number of nitrogens with zero attached hydrogens (tertiary/aromatic N) is 3. The van der Waals surface area contributed by atoms with Gasteiger partial charge in [-0.3, -0.25) is 4.79 Å². The zero-order valence-electron chi connectivity index (χ0n) is 18.1. The summed E-state index contributed by atoms with van der Waals surface area (Å²) in [5, 5.41) is 7.67. The second kappa shape index (κ2) is 14.0. The minimum atomic E-state index is 0. The number of amides is 1. The van der Waals surface area contributed by atoms with Crippen molar-refractivity contribution in [3.05, 3.63) is 30.3 Å². The van der Waals surface area contributed by atoms with Crippen LogP contribution in [0.3, 0.4) is 0 Å². The lowest BCUT2D eigenvalue weighted by Crippen LogP contribution is -2.44. The van der Waals surface area contributed by atoms with E-state index in [-0.39, 0.29) is 36.4 Å². The van der Waals surface area contributed by atoms with Crippen LogP contribution in [-0.2, 0) is 4.79 Å². The standard InChI is InChI=1S/C21H35N5OS.HI/c1-25(2)20(27)16-23-21(24-17-11-12-19(15-17)28-4)22-13-8-14-26(3)18-9-6-5-7-10-18;/h5-7,9-10,17,19H,8,11-16H2,1-4H3,(H2,22,23,24);1H. The Labute approximate surface area is 197 Å². The molecule has 1 saturated carbocycles. The highest BCUT2D eigenvalue weighted by Crippen LogP contribution is 2.28. The van der Waals surface area contributed by atoms with Crippen LogP contribution in [0.5, 0.6) is 0 Å². The molecule has 1 aliphatic rings. The number of halogens is 1. The SMILES string of the molecule is CSC1CCC(NC(=NCC(=O)N(C)C)NCCCN(C)c2ccccc2)C1.I. The Kier molecular flexibility index (Phi) is 12.4. The molecule has 0 spiro atoms. The topological polar surface area (TPSA) is 60.0 Å². The third-order valence-electron chi connectivity index (χ3n) is 5.09. The summed E-state index contributed by atoms with van der Waals surface area (Å²) < 4.78 is 0. The number of hydrogen-bond donors (Lipinski definition) is 2. The van der Waals surface area contributed by atoms with Gasteiger partial charge in [-0.2, -0.15) is 11.8 Å². The fourth-order valence-electron chi connectivity index (χ4n) is 3.25. The molecule has 0 heterocycles. The fourth-order valence-corrected chi connectivity index (χ4v) is 4.05. The maximum atomic E-state index is 11.9. The summed E-state index contributed by atoms with van der Waals surface area (Å²) in [7, 11) is 5.63. The van der Waals surface area contributed by atoms with Crippen LogP contribution in [0.2, 0.25) is 0 Å². The maximum absolute atomic E-state index is 11.9. The number of carbonyl (C=O) groups excluding carboxylic acids is 1. The Balaban J connectivity index is 0.00000420. The third-order valence-corrected chi connectivity index (χ3v) is 6.18. The molecule has 1 aromatic carbocycles. The molecule has 0 radical (unpaired) electrons. The zero-order chi connectivity index (χ0) is 20.4. The summed E-state index contributed by atoms with van der Waals surface area (Å²) in [6.07, 6.45) is 6.72. The number of anilines is 1. The third kappa shape index (κ3) is 9.46. The average Bonchev–Trinajstić information content (AvgIpc) is 3.16. The Morgan fingerprint density at radius 2 is 1.93 bits per heavy atom. The van der Waals surface area contributed by atoms with Gasteiger partial charge in [0.05, 0.1) is 0 Å². The molecule has 0 bridgehead atoms. The number of benzene rings is 1. The minimum Gasteiger partial charge on any atom is -0.375 e. The molecule has 0 aliphatic heterocycles. The van der Waals surface area contributed by atoms with Crippen molar-refractivity contribution >= 4 is 53.3 Å². The molecular weight excluding hydrogens is 497 g/mol. The maximum Gasteiger partial charge on any atom is 0.243 e. The van der Waals surface area contributed by atoms with Crippen molar-refractivity contribution < 1.29 is 4.79 Å². The van der Waals surface area contributed by atoms with E-state index in [1.54, 1.807) is 19.0 Å². The van der Waals surface area contributed by atoms with E-state index in [9.17, 15) is 4.79 Å². The van der Waals surface area contributed by atoms with Crippen molar-refractivity contribution in [2.24, 2.45) is 4.99 Å². The predicted molar refractivity (Wildman–Crippen MR) is 137 cm³/mol. The normalized spacial score (nSPS) is 18.7. The molecule has 164 valence electrons. The number of aliphatic imine (C=N–C) groups is 1. The average molecular weight is 534 g/mol. The molecule has 1 fully saturated rings. The fraction of sp³-hybridized carbons (Fsp3) is 0.619. The molecule has 8 heteroatoms. The van der Waals surface area contributed by atoms with E-state index in [0.717, 1.165) is 43.6 Å². The first kappa shape index (κ1) is 25.9. The van der Waals surface area contributed by atoms with Crippen LogP contribution < -0.4 is 15.5 Å². The van der Waals surface area contributed by atoms with Gasteiger partial charge >= 0.3 is 0 Å². The van der Waals surface area contributed by atoms with Crippen LogP contribution >= 0.6 is 35.7 Å². The van der Waals surface area contributed by atoms with Crippen LogP contribution in [0.1, 0.15) is 25.7 Å². The van der Waals surface area contributed by atoms with E-state index in [2.05, 4.69) is 58.1 Å². The Hall–Kier alpha value is -1.16. The van der Waals surface area contributed by atoms with Crippen molar-refractivity contribution in [1.29, 1.82) is 0 Å². The van der Waals surface area contributed by atoms with E-state index in [0.29, 0.717) is 6.04 Å². The highest BCUT2D eigenvalue weighted by Gasteiger charge is 2.24. The van der Waals surface area contributed by atoms with Gasteiger partial charge in [-0.15, -0.1) is 24.0 Å². The second-order valence-electron chi connectivity index (χ2n) is 7.50. The van der Waals surface area contributed by atoms with Gasteiger partial charge < -0.3 is 20.4 Å². The van der Waals surface area contributed by atoms with E-state index in [1.807, 2.05) is 17.8 Å². The molecule has 1 amide bonds. The number of guanidine groups is 1. The summed E-state index contributed by atoms with van der Waals surface area (Å²) in [6.45, 7) is 1.95. The van der Waals surface area contributed by atoms with Crippen molar-refractivity contribution in [2.45, 2.75) is 37.0 Å². The lowest BCUT2D eigenvalue weighted by Gasteiger charge is -2.21. The summed E-state index contributed by atoms with van der Waals surface area (Å²) >= 11 is 1.94. The molecule has 0 aromatic heterocycles. The van der Waals surface area contributed by atoms with E-state index < -0.39 is 0 Å². The van der Waals surface area contributed by atoms with Gasteiger partial charge in [0.1, 0.15) is 6.54 Å². The summed E-state index contributed by atoms with van der Waals surface area (Å²) in [5.41, 5.74) is 1.22. The minimum absolute atomic E-state index is 0. The molecule has 2 atom stereocenters. The Morgan fingerprint density at radius 3 is 2.55 bits per heavy atom. The van der Waals surface area contributed by atoms with Crippen LogP contribution in [0.15, 0.2) is 35.3 Å². The quantitative estimate of drug-likeness (QED) is 0.221. The van der Waals surface area contributed by atoms with E-state index >= 15 is 0 Å². The summed E-state index contributed by atoms with van der Waals surface area (Å²) in [4.78, 5) is 20.3. The zero-order valence-corrected chi connectivity index (χ0v) is 21.2.